The van der Waals surface area contributed by atoms with Gasteiger partial charge in [-0.05, 0) is 62.3 Å². The molecule has 1 atom stereocenters. The van der Waals surface area contributed by atoms with Gasteiger partial charge in [0.15, 0.2) is 0 Å². The van der Waals surface area contributed by atoms with Crippen LogP contribution in [0.25, 0.3) is 0 Å². The second-order valence-electron chi connectivity index (χ2n) is 7.34. The van der Waals surface area contributed by atoms with E-state index in [1.807, 2.05) is 26.0 Å². The smallest absolute Gasteiger partial charge is 0.261 e. The van der Waals surface area contributed by atoms with Crippen LogP contribution in [0.2, 0.25) is 0 Å². The molecule has 2 aliphatic rings. The lowest BCUT2D eigenvalue weighted by molar-refractivity contribution is 0.0928. The van der Waals surface area contributed by atoms with Gasteiger partial charge in [0.25, 0.3) is 11.5 Å². The highest BCUT2D eigenvalue weighted by Crippen LogP contribution is 2.36. The number of nitrogens with one attached hydrogen (secondary N) is 2. The van der Waals surface area contributed by atoms with Gasteiger partial charge in [-0.3, -0.25) is 9.59 Å². The molecule has 1 aliphatic carbocycles. The van der Waals surface area contributed by atoms with E-state index in [9.17, 15) is 9.59 Å². The third kappa shape index (κ3) is 2.91. The fourth-order valence-electron chi connectivity index (χ4n) is 3.91. The summed E-state index contributed by atoms with van der Waals surface area (Å²) < 4.78 is 5.80. The zero-order valence-electron chi connectivity index (χ0n) is 15.3. The number of aromatic nitrogens is 1. The summed E-state index contributed by atoms with van der Waals surface area (Å²) in [6, 6.07) is 5.59. The number of carbonyl (C=O) groups is 1. The third-order valence-electron chi connectivity index (χ3n) is 5.62. The molecule has 5 heteroatoms. The summed E-state index contributed by atoms with van der Waals surface area (Å²) in [5.74, 6) is 0.518. The van der Waals surface area contributed by atoms with Gasteiger partial charge >= 0.3 is 0 Å². The number of amides is 1. The third-order valence-corrected chi connectivity index (χ3v) is 5.62. The molecular weight excluding hydrogens is 328 g/mol. The van der Waals surface area contributed by atoms with Crippen molar-refractivity contribution in [1.82, 2.24) is 10.3 Å². The first-order valence-electron chi connectivity index (χ1n) is 9.33. The molecule has 0 radical (unpaired) electrons. The Hall–Kier alpha value is -2.56. The Morgan fingerprint density at radius 2 is 2.00 bits per heavy atom. The molecule has 1 aromatic heterocycles. The van der Waals surface area contributed by atoms with E-state index in [4.69, 9.17) is 4.74 Å². The van der Waals surface area contributed by atoms with E-state index in [2.05, 4.69) is 10.3 Å². The van der Waals surface area contributed by atoms with Crippen molar-refractivity contribution in [1.29, 1.82) is 0 Å². The summed E-state index contributed by atoms with van der Waals surface area (Å²) in [5, 5.41) is 2.98. The number of H-pyrrole nitrogens is 1. The Labute approximate surface area is 152 Å². The highest BCUT2D eigenvalue weighted by atomic mass is 16.5. The summed E-state index contributed by atoms with van der Waals surface area (Å²) in [6.45, 7) is 4.46. The number of carbonyl (C=O) groups excluding carboxylic acids is 1. The van der Waals surface area contributed by atoms with Gasteiger partial charge < -0.3 is 15.0 Å². The molecule has 2 heterocycles. The van der Waals surface area contributed by atoms with Crippen LogP contribution in [0.1, 0.15) is 63.6 Å². The fourth-order valence-corrected chi connectivity index (χ4v) is 3.91. The maximum Gasteiger partial charge on any atom is 0.261 e. The van der Waals surface area contributed by atoms with Gasteiger partial charge in [-0.25, -0.2) is 0 Å². The van der Waals surface area contributed by atoms with E-state index < -0.39 is 0 Å². The molecule has 1 aliphatic heterocycles. The summed E-state index contributed by atoms with van der Waals surface area (Å²) >= 11 is 0. The minimum Gasteiger partial charge on any atom is -0.490 e. The SMILES string of the molecule is Cc1ccc2c(c1C)OCC2NC(=O)c1cc2c([nH]c1=O)CCCCC2. The van der Waals surface area contributed by atoms with Crippen LogP contribution in [0.15, 0.2) is 23.0 Å². The van der Waals surface area contributed by atoms with Crippen LogP contribution < -0.4 is 15.6 Å². The molecular formula is C21H24N2O3. The average Bonchev–Trinajstić information content (AvgIpc) is 2.88. The van der Waals surface area contributed by atoms with Gasteiger partial charge in [0.05, 0.1) is 6.04 Å². The zero-order chi connectivity index (χ0) is 18.3. The standard InChI is InChI=1S/C21H24N2O3/c1-12-8-9-15-18(11-26-19(15)13(12)2)23-21(25)16-10-14-6-4-3-5-7-17(14)22-20(16)24/h8-10,18H,3-7,11H2,1-2H3,(H,22,24)(H,23,25). The highest BCUT2D eigenvalue weighted by molar-refractivity contribution is 5.94. The number of hydrogen-bond donors (Lipinski definition) is 2. The molecule has 1 aromatic carbocycles. The molecule has 26 heavy (non-hydrogen) atoms. The fraction of sp³-hybridized carbons (Fsp3) is 0.429. The minimum atomic E-state index is -0.335. The van der Waals surface area contributed by atoms with Crippen molar-refractivity contribution in [2.45, 2.75) is 52.0 Å². The van der Waals surface area contributed by atoms with E-state index in [0.29, 0.717) is 6.61 Å². The predicted octanol–water partition coefficient (Wildman–Crippen LogP) is 3.12. The van der Waals surface area contributed by atoms with Crippen LogP contribution in [-0.2, 0) is 12.8 Å². The van der Waals surface area contributed by atoms with Crippen LogP contribution in [-0.4, -0.2) is 17.5 Å². The summed E-state index contributed by atoms with van der Waals surface area (Å²) in [4.78, 5) is 28.1. The van der Waals surface area contributed by atoms with Gasteiger partial charge in [0.1, 0.15) is 17.9 Å². The second kappa shape index (κ2) is 6.63. The Kier molecular flexibility index (Phi) is 4.31. The molecule has 136 valence electrons. The molecule has 0 saturated carbocycles. The summed E-state index contributed by atoms with van der Waals surface area (Å²) in [7, 11) is 0. The first kappa shape index (κ1) is 16.9. The number of fused-ring (bicyclic) bond motifs is 2. The first-order chi connectivity index (χ1) is 12.5. The number of hydrogen-bond acceptors (Lipinski definition) is 3. The van der Waals surface area contributed by atoms with E-state index in [1.54, 1.807) is 6.07 Å². The lowest BCUT2D eigenvalue weighted by Gasteiger charge is -2.13. The molecule has 0 spiro atoms. The number of pyridine rings is 1. The molecule has 2 aromatic rings. The lowest BCUT2D eigenvalue weighted by Crippen LogP contribution is -2.34. The molecule has 1 unspecified atom stereocenters. The topological polar surface area (TPSA) is 71.2 Å². The first-order valence-corrected chi connectivity index (χ1v) is 9.33. The minimum absolute atomic E-state index is 0.197. The number of aromatic amines is 1. The van der Waals surface area contributed by atoms with Gasteiger partial charge in [-0.2, -0.15) is 0 Å². The van der Waals surface area contributed by atoms with Crippen LogP contribution in [0.3, 0.4) is 0 Å². The lowest BCUT2D eigenvalue weighted by atomic mass is 10.0. The van der Waals surface area contributed by atoms with Crippen molar-refractivity contribution < 1.29 is 9.53 Å². The van der Waals surface area contributed by atoms with Crippen molar-refractivity contribution in [3.63, 3.8) is 0 Å². The van der Waals surface area contributed by atoms with Gasteiger partial charge in [0.2, 0.25) is 0 Å². The van der Waals surface area contributed by atoms with E-state index in [-0.39, 0.29) is 23.1 Å². The van der Waals surface area contributed by atoms with Crippen LogP contribution in [0, 0.1) is 13.8 Å². The Bertz CT molecular complexity index is 930. The number of aryl methyl sites for hydroxylation is 3. The quantitative estimate of drug-likeness (QED) is 0.816. The maximum absolute atomic E-state index is 12.8. The number of benzene rings is 1. The monoisotopic (exact) mass is 352 g/mol. The Morgan fingerprint density at radius 1 is 1.19 bits per heavy atom. The molecule has 0 fully saturated rings. The molecule has 1 amide bonds. The maximum atomic E-state index is 12.8. The number of rotatable bonds is 2. The summed E-state index contributed by atoms with van der Waals surface area (Å²) in [6.07, 6.45) is 5.15. The van der Waals surface area contributed by atoms with Gasteiger partial charge in [-0.15, -0.1) is 0 Å². The van der Waals surface area contributed by atoms with Gasteiger partial charge in [-0.1, -0.05) is 18.6 Å². The van der Waals surface area contributed by atoms with Crippen molar-refractivity contribution in [2.24, 2.45) is 0 Å². The molecule has 0 bridgehead atoms. The normalized spacial score (nSPS) is 18.5. The van der Waals surface area contributed by atoms with Crippen LogP contribution in [0.4, 0.5) is 0 Å². The van der Waals surface area contributed by atoms with E-state index in [0.717, 1.165) is 65.8 Å². The molecule has 0 saturated heterocycles. The average molecular weight is 352 g/mol. The highest BCUT2D eigenvalue weighted by Gasteiger charge is 2.28. The molecule has 2 N–H and O–H groups in total. The van der Waals surface area contributed by atoms with Crippen LogP contribution in [0.5, 0.6) is 5.75 Å². The van der Waals surface area contributed by atoms with E-state index >= 15 is 0 Å². The van der Waals surface area contributed by atoms with Crippen molar-refractivity contribution >= 4 is 5.91 Å². The largest absolute Gasteiger partial charge is 0.490 e. The molecule has 5 nitrogen and oxygen atoms in total. The zero-order valence-corrected chi connectivity index (χ0v) is 15.3. The van der Waals surface area contributed by atoms with E-state index in [1.165, 1.54) is 0 Å². The number of ether oxygens (including phenoxy) is 1. The van der Waals surface area contributed by atoms with Crippen molar-refractivity contribution in [2.75, 3.05) is 6.61 Å². The second-order valence-corrected chi connectivity index (χ2v) is 7.34. The predicted molar refractivity (Wildman–Crippen MR) is 99.9 cm³/mol. The van der Waals surface area contributed by atoms with Crippen molar-refractivity contribution in [3.8, 4) is 5.75 Å². The Morgan fingerprint density at radius 3 is 2.85 bits per heavy atom. The van der Waals surface area contributed by atoms with Crippen LogP contribution >= 0.6 is 0 Å². The van der Waals surface area contributed by atoms with Crippen molar-refractivity contribution in [3.05, 3.63) is 62.1 Å². The van der Waals surface area contributed by atoms with Gasteiger partial charge in [0, 0.05) is 11.3 Å². The molecule has 4 rings (SSSR count). The Balaban J connectivity index is 1.60. The summed E-state index contributed by atoms with van der Waals surface area (Å²) in [5.41, 5.74) is 5.23.